The van der Waals surface area contributed by atoms with Gasteiger partial charge >= 0.3 is 0 Å². The quantitative estimate of drug-likeness (QED) is 0.175. The van der Waals surface area contributed by atoms with Crippen LogP contribution < -0.4 is 4.90 Å². The minimum atomic E-state index is 0.886. The molecule has 2 nitrogen and oxygen atoms in total. The van der Waals surface area contributed by atoms with Gasteiger partial charge in [0.25, 0.3) is 0 Å². The van der Waals surface area contributed by atoms with Crippen molar-refractivity contribution in [3.05, 3.63) is 188 Å². The van der Waals surface area contributed by atoms with E-state index < -0.39 is 0 Å². The predicted molar refractivity (Wildman–Crippen MR) is 221 cm³/mol. The molecule has 0 fully saturated rings. The summed E-state index contributed by atoms with van der Waals surface area (Å²) >= 11 is 0. The van der Waals surface area contributed by atoms with Crippen LogP contribution in [0.4, 0.5) is 17.1 Å². The maximum absolute atomic E-state index is 6.58. The molecule has 0 saturated heterocycles. The number of furan rings is 1. The van der Waals surface area contributed by atoms with Gasteiger partial charge in [-0.15, -0.1) is 0 Å². The summed E-state index contributed by atoms with van der Waals surface area (Å²) in [6.07, 6.45) is 0. The predicted octanol–water partition coefficient (Wildman–Crippen LogP) is 14.5. The van der Waals surface area contributed by atoms with Crippen LogP contribution in [0.25, 0.3) is 86.9 Å². The first-order chi connectivity index (χ1) is 25.8. The third-order valence-corrected chi connectivity index (χ3v) is 10.8. The van der Waals surface area contributed by atoms with Crippen molar-refractivity contribution in [2.45, 2.75) is 0 Å². The lowest BCUT2D eigenvalue weighted by atomic mass is 9.94. The Morgan fingerprint density at radius 2 is 0.846 bits per heavy atom. The topological polar surface area (TPSA) is 16.4 Å². The number of nitrogens with zero attached hydrogens (tertiary/aromatic N) is 1. The monoisotopic (exact) mass is 661 g/mol. The second kappa shape index (κ2) is 11.3. The van der Waals surface area contributed by atoms with Crippen LogP contribution in [0, 0.1) is 0 Å². The van der Waals surface area contributed by atoms with Crippen molar-refractivity contribution in [1.82, 2.24) is 0 Å². The third kappa shape index (κ3) is 4.31. The molecule has 11 aromatic rings. The van der Waals surface area contributed by atoms with Crippen LogP contribution in [-0.4, -0.2) is 0 Å². The Balaban J connectivity index is 1.26. The van der Waals surface area contributed by atoms with E-state index in [0.717, 1.165) is 50.1 Å². The van der Waals surface area contributed by atoms with E-state index in [1.807, 2.05) is 0 Å². The summed E-state index contributed by atoms with van der Waals surface area (Å²) in [6.45, 7) is 0. The van der Waals surface area contributed by atoms with E-state index in [1.165, 1.54) is 53.9 Å². The zero-order chi connectivity index (χ0) is 34.2. The fourth-order valence-corrected chi connectivity index (χ4v) is 8.46. The highest BCUT2D eigenvalue weighted by atomic mass is 16.3. The molecule has 0 spiro atoms. The van der Waals surface area contributed by atoms with Crippen molar-refractivity contribution in [3.63, 3.8) is 0 Å². The van der Waals surface area contributed by atoms with Gasteiger partial charge in [-0.1, -0.05) is 152 Å². The Morgan fingerprint density at radius 1 is 0.288 bits per heavy atom. The van der Waals surface area contributed by atoms with Crippen molar-refractivity contribution < 1.29 is 4.42 Å². The van der Waals surface area contributed by atoms with Crippen LogP contribution in [0.3, 0.4) is 0 Å². The Kier molecular flexibility index (Phi) is 6.28. The van der Waals surface area contributed by atoms with Crippen LogP contribution in [0.2, 0.25) is 0 Å². The van der Waals surface area contributed by atoms with E-state index in [2.05, 4.69) is 193 Å². The van der Waals surface area contributed by atoms with E-state index >= 15 is 0 Å². The van der Waals surface area contributed by atoms with Crippen LogP contribution in [0.5, 0.6) is 0 Å². The van der Waals surface area contributed by atoms with Crippen molar-refractivity contribution >= 4 is 92.9 Å². The van der Waals surface area contributed by atoms with E-state index in [9.17, 15) is 0 Å². The van der Waals surface area contributed by atoms with Gasteiger partial charge in [-0.3, -0.25) is 0 Å². The van der Waals surface area contributed by atoms with Crippen molar-refractivity contribution in [2.24, 2.45) is 0 Å². The molecule has 0 saturated carbocycles. The van der Waals surface area contributed by atoms with Crippen LogP contribution in [0.1, 0.15) is 0 Å². The minimum Gasteiger partial charge on any atom is -0.456 e. The molecule has 10 aromatic carbocycles. The molecule has 0 aliphatic rings. The molecule has 0 N–H and O–H groups in total. The molecule has 0 amide bonds. The molecule has 0 aliphatic carbocycles. The second-order valence-electron chi connectivity index (χ2n) is 13.7. The molecule has 0 unspecified atom stereocenters. The lowest BCUT2D eigenvalue weighted by Gasteiger charge is -2.31. The first kappa shape index (κ1) is 28.9. The van der Waals surface area contributed by atoms with Gasteiger partial charge in [0, 0.05) is 27.1 Å². The molecule has 52 heavy (non-hydrogen) atoms. The average molecular weight is 662 g/mol. The smallest absolute Gasteiger partial charge is 0.136 e. The standard InChI is InChI=1S/C50H31NO/c1-2-15-34-31-49-44(29-33(34)14-1)50-43(23-12-26-48(50)52-49)41-21-9-10-24-45(41)51(46-25-11-22-39-36-17-5-3-13-32(36)27-28-42(39)46)47-30-35-16-4-6-18-37(35)38-19-7-8-20-40(38)47/h1-31H. The number of anilines is 3. The summed E-state index contributed by atoms with van der Waals surface area (Å²) in [5, 5.41) is 14.4. The molecule has 1 heterocycles. The van der Waals surface area contributed by atoms with Gasteiger partial charge in [0.05, 0.1) is 17.1 Å². The molecule has 0 bridgehead atoms. The van der Waals surface area contributed by atoms with Crippen LogP contribution >= 0.6 is 0 Å². The number of fused-ring (bicyclic) bond motifs is 10. The summed E-state index contributed by atoms with van der Waals surface area (Å²) in [7, 11) is 0. The van der Waals surface area contributed by atoms with Crippen LogP contribution in [-0.2, 0) is 0 Å². The third-order valence-electron chi connectivity index (χ3n) is 10.8. The van der Waals surface area contributed by atoms with Gasteiger partial charge < -0.3 is 9.32 Å². The minimum absolute atomic E-state index is 0.886. The first-order valence-electron chi connectivity index (χ1n) is 17.8. The summed E-state index contributed by atoms with van der Waals surface area (Å²) < 4.78 is 6.58. The van der Waals surface area contributed by atoms with Crippen LogP contribution in [0.15, 0.2) is 192 Å². The highest BCUT2D eigenvalue weighted by Crippen LogP contribution is 2.49. The SMILES string of the molecule is c1ccc(N(c2cccc3c2ccc2ccccc23)c2cc3ccccc3c3ccccc23)c(-c2cccc3oc4cc5ccccc5cc4c23)c1. The largest absolute Gasteiger partial charge is 0.456 e. The van der Waals surface area contributed by atoms with Gasteiger partial charge in [-0.2, -0.15) is 0 Å². The first-order valence-corrected chi connectivity index (χ1v) is 17.8. The summed E-state index contributed by atoms with van der Waals surface area (Å²) in [5.74, 6) is 0. The Labute approximate surface area is 300 Å². The zero-order valence-corrected chi connectivity index (χ0v) is 28.3. The maximum atomic E-state index is 6.58. The van der Waals surface area contributed by atoms with E-state index in [1.54, 1.807) is 0 Å². The summed E-state index contributed by atoms with van der Waals surface area (Å²) in [6, 6.07) is 68.2. The van der Waals surface area contributed by atoms with E-state index in [4.69, 9.17) is 4.42 Å². The highest BCUT2D eigenvalue weighted by Gasteiger charge is 2.24. The fourth-order valence-electron chi connectivity index (χ4n) is 8.46. The van der Waals surface area contributed by atoms with Crippen molar-refractivity contribution in [2.75, 3.05) is 4.90 Å². The van der Waals surface area contributed by atoms with Gasteiger partial charge in [0.2, 0.25) is 0 Å². The molecule has 0 radical (unpaired) electrons. The molecule has 242 valence electrons. The fraction of sp³-hybridized carbons (Fsp3) is 0. The van der Waals surface area contributed by atoms with Gasteiger partial charge in [0.1, 0.15) is 11.2 Å². The molecule has 0 atom stereocenters. The van der Waals surface area contributed by atoms with Crippen molar-refractivity contribution in [1.29, 1.82) is 0 Å². The number of rotatable bonds is 4. The number of hydrogen-bond acceptors (Lipinski definition) is 2. The molecule has 2 heteroatoms. The Bertz CT molecular complexity index is 3210. The van der Waals surface area contributed by atoms with E-state index in [0.29, 0.717) is 0 Å². The maximum Gasteiger partial charge on any atom is 0.136 e. The molecule has 1 aromatic heterocycles. The second-order valence-corrected chi connectivity index (χ2v) is 13.7. The average Bonchev–Trinajstić information content (AvgIpc) is 3.58. The summed E-state index contributed by atoms with van der Waals surface area (Å²) in [4.78, 5) is 2.50. The lowest BCUT2D eigenvalue weighted by molar-refractivity contribution is 0.669. The van der Waals surface area contributed by atoms with Gasteiger partial charge in [-0.25, -0.2) is 0 Å². The summed E-state index contributed by atoms with van der Waals surface area (Å²) in [5.41, 5.74) is 7.44. The number of hydrogen-bond donors (Lipinski definition) is 0. The molecular formula is C50H31NO. The van der Waals surface area contributed by atoms with Gasteiger partial charge in [0.15, 0.2) is 0 Å². The molecule has 11 rings (SSSR count). The Hall–Kier alpha value is -6.90. The lowest BCUT2D eigenvalue weighted by Crippen LogP contribution is -2.12. The van der Waals surface area contributed by atoms with Gasteiger partial charge in [-0.05, 0) is 85.1 Å². The highest BCUT2D eigenvalue weighted by molar-refractivity contribution is 6.20. The zero-order valence-electron chi connectivity index (χ0n) is 28.3. The molecule has 0 aliphatic heterocycles. The Morgan fingerprint density at radius 3 is 1.67 bits per heavy atom. The normalized spacial score (nSPS) is 11.8. The number of para-hydroxylation sites is 1. The number of benzene rings is 10. The van der Waals surface area contributed by atoms with Crippen molar-refractivity contribution in [3.8, 4) is 11.1 Å². The molecular weight excluding hydrogens is 631 g/mol. The van der Waals surface area contributed by atoms with E-state index in [-0.39, 0.29) is 0 Å².